The van der Waals surface area contributed by atoms with Crippen LogP contribution < -0.4 is 10.5 Å². The highest BCUT2D eigenvalue weighted by Gasteiger charge is 2.16. The van der Waals surface area contributed by atoms with Gasteiger partial charge in [-0.25, -0.2) is 8.42 Å². The molecule has 6 nitrogen and oxygen atoms in total. The lowest BCUT2D eigenvalue weighted by Gasteiger charge is -2.04. The molecule has 1 heterocycles. The summed E-state index contributed by atoms with van der Waals surface area (Å²) in [5.41, 5.74) is 5.86. The number of nitrogens with one attached hydrogen (secondary N) is 1. The minimum absolute atomic E-state index is 0.0991. The van der Waals surface area contributed by atoms with Crippen LogP contribution in [0.2, 0.25) is 0 Å². The summed E-state index contributed by atoms with van der Waals surface area (Å²) in [6, 6.07) is 7.77. The van der Waals surface area contributed by atoms with Crippen LogP contribution in [0.5, 0.6) is 0 Å². The summed E-state index contributed by atoms with van der Waals surface area (Å²) < 4.78 is 31.5. The standard InChI is InChI=1S/C13H13N3O3S/c1-10-8-13(15-19-10)16-20(17,18)12-6-2-4-11(9-12)5-3-7-14/h2,4,6,8-9H,7,14H2,1H3,(H,15,16). The zero-order chi connectivity index (χ0) is 14.6. The Hall–Kier alpha value is -2.30. The molecule has 7 heteroatoms. The van der Waals surface area contributed by atoms with Crippen molar-refractivity contribution in [1.82, 2.24) is 5.16 Å². The molecule has 3 N–H and O–H groups in total. The fourth-order valence-electron chi connectivity index (χ4n) is 1.51. The summed E-state index contributed by atoms with van der Waals surface area (Å²) in [5.74, 6) is 6.11. The smallest absolute Gasteiger partial charge is 0.263 e. The molecule has 0 saturated heterocycles. The van der Waals surface area contributed by atoms with Gasteiger partial charge in [-0.05, 0) is 25.1 Å². The van der Waals surface area contributed by atoms with Crippen LogP contribution in [-0.2, 0) is 10.0 Å². The van der Waals surface area contributed by atoms with Gasteiger partial charge in [0.15, 0.2) is 5.82 Å². The molecule has 0 amide bonds. The fraction of sp³-hybridized carbons (Fsp3) is 0.154. The van der Waals surface area contributed by atoms with Crippen molar-refractivity contribution in [1.29, 1.82) is 0 Å². The number of hydrogen-bond donors (Lipinski definition) is 2. The Kier molecular flexibility index (Phi) is 4.08. The molecule has 0 fully saturated rings. The van der Waals surface area contributed by atoms with Gasteiger partial charge < -0.3 is 10.3 Å². The molecule has 0 radical (unpaired) electrons. The fourth-order valence-corrected chi connectivity index (χ4v) is 2.53. The molecule has 0 saturated carbocycles. The number of hydrogen-bond acceptors (Lipinski definition) is 5. The molecule has 0 unspecified atom stereocenters. The minimum atomic E-state index is -3.72. The van der Waals surface area contributed by atoms with Crippen molar-refractivity contribution < 1.29 is 12.9 Å². The highest BCUT2D eigenvalue weighted by atomic mass is 32.2. The molecule has 2 aromatic rings. The molecule has 0 atom stereocenters. The number of sulfonamides is 1. The second-order valence-corrected chi connectivity index (χ2v) is 5.64. The lowest BCUT2D eigenvalue weighted by molar-refractivity contribution is 0.400. The molecule has 104 valence electrons. The van der Waals surface area contributed by atoms with E-state index >= 15 is 0 Å². The molecule has 2 rings (SSSR count). The SMILES string of the molecule is Cc1cc(NS(=O)(=O)c2cccc(C#CCN)c2)no1. The van der Waals surface area contributed by atoms with Gasteiger partial charge in [-0.15, -0.1) is 0 Å². The Morgan fingerprint density at radius 1 is 1.40 bits per heavy atom. The molecule has 0 aliphatic carbocycles. The predicted molar refractivity (Wildman–Crippen MR) is 74.4 cm³/mol. The number of aryl methyl sites for hydroxylation is 1. The highest BCUT2D eigenvalue weighted by Crippen LogP contribution is 2.16. The average molecular weight is 291 g/mol. The lowest BCUT2D eigenvalue weighted by atomic mass is 10.2. The van der Waals surface area contributed by atoms with Crippen LogP contribution in [0.15, 0.2) is 39.8 Å². The van der Waals surface area contributed by atoms with E-state index in [1.807, 2.05) is 0 Å². The summed E-state index contributed by atoms with van der Waals surface area (Å²) in [6.45, 7) is 1.89. The summed E-state index contributed by atoms with van der Waals surface area (Å²) in [7, 11) is -3.72. The van der Waals surface area contributed by atoms with Gasteiger partial charge in [0.2, 0.25) is 0 Å². The maximum atomic E-state index is 12.2. The molecule has 20 heavy (non-hydrogen) atoms. The first kappa shape index (κ1) is 14.1. The first-order valence-corrected chi connectivity index (χ1v) is 7.25. The van der Waals surface area contributed by atoms with Gasteiger partial charge in [-0.2, -0.15) is 0 Å². The Labute approximate surface area is 117 Å². The molecule has 0 spiro atoms. The number of nitrogens with zero attached hydrogens (tertiary/aromatic N) is 1. The first-order valence-electron chi connectivity index (χ1n) is 5.76. The van der Waals surface area contributed by atoms with Crippen LogP contribution in [-0.4, -0.2) is 20.1 Å². The summed E-state index contributed by atoms with van der Waals surface area (Å²) in [4.78, 5) is 0.0991. The van der Waals surface area contributed by atoms with Crippen molar-refractivity contribution in [2.75, 3.05) is 11.3 Å². The van der Waals surface area contributed by atoms with E-state index in [-0.39, 0.29) is 17.3 Å². The van der Waals surface area contributed by atoms with E-state index in [1.54, 1.807) is 19.1 Å². The number of nitrogens with two attached hydrogens (primary N) is 1. The Balaban J connectivity index is 2.29. The summed E-state index contributed by atoms with van der Waals surface area (Å²) in [6.07, 6.45) is 0. The molecule has 0 aliphatic rings. The third-order valence-corrected chi connectivity index (χ3v) is 3.70. The minimum Gasteiger partial charge on any atom is -0.360 e. The van der Waals surface area contributed by atoms with E-state index in [4.69, 9.17) is 10.3 Å². The third kappa shape index (κ3) is 3.38. The van der Waals surface area contributed by atoms with Gasteiger partial charge in [-0.3, -0.25) is 4.72 Å². The van der Waals surface area contributed by atoms with Crippen molar-refractivity contribution in [3.05, 3.63) is 41.7 Å². The van der Waals surface area contributed by atoms with E-state index in [2.05, 4.69) is 21.7 Å². The maximum absolute atomic E-state index is 12.2. The van der Waals surface area contributed by atoms with Gasteiger partial charge in [0.05, 0.1) is 11.4 Å². The maximum Gasteiger partial charge on any atom is 0.263 e. The van der Waals surface area contributed by atoms with E-state index in [1.165, 1.54) is 18.2 Å². The lowest BCUT2D eigenvalue weighted by Crippen LogP contribution is -2.13. The topological polar surface area (TPSA) is 98.2 Å². The van der Waals surface area contributed by atoms with E-state index in [0.717, 1.165) is 0 Å². The number of rotatable bonds is 3. The average Bonchev–Trinajstić information content (AvgIpc) is 2.81. The predicted octanol–water partition coefficient (Wildman–Crippen LogP) is 1.09. The van der Waals surface area contributed by atoms with Gasteiger partial charge in [0, 0.05) is 11.6 Å². The zero-order valence-corrected chi connectivity index (χ0v) is 11.6. The summed E-state index contributed by atoms with van der Waals surface area (Å²) >= 11 is 0. The highest BCUT2D eigenvalue weighted by molar-refractivity contribution is 7.92. The van der Waals surface area contributed by atoms with E-state index in [0.29, 0.717) is 11.3 Å². The molecule has 0 bridgehead atoms. The van der Waals surface area contributed by atoms with Crippen LogP contribution in [0.3, 0.4) is 0 Å². The summed E-state index contributed by atoms with van der Waals surface area (Å²) in [5, 5.41) is 3.59. The normalized spacial score (nSPS) is 10.7. The van der Waals surface area contributed by atoms with Crippen molar-refractivity contribution in [2.45, 2.75) is 11.8 Å². The Morgan fingerprint density at radius 2 is 2.20 bits per heavy atom. The zero-order valence-electron chi connectivity index (χ0n) is 10.8. The second kappa shape index (κ2) is 5.77. The quantitative estimate of drug-likeness (QED) is 0.825. The van der Waals surface area contributed by atoms with E-state index < -0.39 is 10.0 Å². The molecule has 1 aromatic heterocycles. The molecular formula is C13H13N3O3S. The number of aromatic nitrogens is 1. The first-order chi connectivity index (χ1) is 9.51. The van der Waals surface area contributed by atoms with Crippen molar-refractivity contribution in [2.24, 2.45) is 5.73 Å². The Morgan fingerprint density at radius 3 is 2.85 bits per heavy atom. The number of anilines is 1. The second-order valence-electron chi connectivity index (χ2n) is 3.96. The number of benzene rings is 1. The van der Waals surface area contributed by atoms with Crippen molar-refractivity contribution >= 4 is 15.8 Å². The monoisotopic (exact) mass is 291 g/mol. The molecular weight excluding hydrogens is 278 g/mol. The third-order valence-electron chi connectivity index (χ3n) is 2.35. The van der Waals surface area contributed by atoms with Crippen LogP contribution in [0.25, 0.3) is 0 Å². The van der Waals surface area contributed by atoms with Crippen LogP contribution in [0, 0.1) is 18.8 Å². The van der Waals surface area contributed by atoms with Crippen molar-refractivity contribution in [3.63, 3.8) is 0 Å². The van der Waals surface area contributed by atoms with Gasteiger partial charge in [-0.1, -0.05) is 23.1 Å². The molecule has 0 aliphatic heterocycles. The van der Waals surface area contributed by atoms with Crippen molar-refractivity contribution in [3.8, 4) is 11.8 Å². The van der Waals surface area contributed by atoms with Gasteiger partial charge in [0.1, 0.15) is 5.76 Å². The van der Waals surface area contributed by atoms with E-state index in [9.17, 15) is 8.42 Å². The van der Waals surface area contributed by atoms with Gasteiger partial charge in [0.25, 0.3) is 10.0 Å². The Bertz CT molecular complexity index is 769. The molecule has 1 aromatic carbocycles. The van der Waals surface area contributed by atoms with Crippen LogP contribution in [0.4, 0.5) is 5.82 Å². The largest absolute Gasteiger partial charge is 0.360 e. The van der Waals surface area contributed by atoms with Crippen LogP contribution >= 0.6 is 0 Å². The van der Waals surface area contributed by atoms with Gasteiger partial charge >= 0.3 is 0 Å². The van der Waals surface area contributed by atoms with Crippen LogP contribution in [0.1, 0.15) is 11.3 Å².